The van der Waals surface area contributed by atoms with Gasteiger partial charge in [-0.3, -0.25) is 19.3 Å². The molecule has 3 amide bonds. The third kappa shape index (κ3) is 4.98. The molecule has 0 saturated heterocycles. The first-order valence-corrected chi connectivity index (χ1v) is 11.2. The molecule has 0 radical (unpaired) electrons. The van der Waals surface area contributed by atoms with Crippen LogP contribution in [0.3, 0.4) is 0 Å². The number of nitrogens with one attached hydrogen (secondary N) is 1. The molecule has 2 heterocycles. The SMILES string of the molecule is Cc1cc(NC(=O)C(OC(=O)C(CC(C)C)N2C(=O)c3ccccc3C2=O)c2ccccc2)no1. The van der Waals surface area contributed by atoms with Crippen molar-refractivity contribution < 1.29 is 28.4 Å². The number of hydrogen-bond acceptors (Lipinski definition) is 7. The summed E-state index contributed by atoms with van der Waals surface area (Å²) in [5.41, 5.74) is 0.889. The van der Waals surface area contributed by atoms with Gasteiger partial charge in [-0.05, 0) is 31.4 Å². The summed E-state index contributed by atoms with van der Waals surface area (Å²) < 4.78 is 10.7. The molecule has 9 nitrogen and oxygen atoms in total. The topological polar surface area (TPSA) is 119 Å². The summed E-state index contributed by atoms with van der Waals surface area (Å²) in [7, 11) is 0. The maximum atomic E-state index is 13.5. The summed E-state index contributed by atoms with van der Waals surface area (Å²) in [4.78, 5) is 53.7. The van der Waals surface area contributed by atoms with Crippen LogP contribution in [0.25, 0.3) is 0 Å². The first-order valence-electron chi connectivity index (χ1n) is 11.2. The molecule has 1 aromatic heterocycles. The average Bonchev–Trinajstić information content (AvgIpc) is 3.36. The molecule has 1 aliphatic heterocycles. The lowest BCUT2D eigenvalue weighted by Crippen LogP contribution is -2.47. The van der Waals surface area contributed by atoms with Crippen molar-refractivity contribution in [1.29, 1.82) is 0 Å². The van der Waals surface area contributed by atoms with E-state index < -0.39 is 35.8 Å². The molecule has 3 aromatic rings. The van der Waals surface area contributed by atoms with E-state index in [9.17, 15) is 19.2 Å². The van der Waals surface area contributed by atoms with E-state index >= 15 is 0 Å². The van der Waals surface area contributed by atoms with Gasteiger partial charge in [0.05, 0.1) is 11.1 Å². The van der Waals surface area contributed by atoms with Crippen molar-refractivity contribution >= 4 is 29.5 Å². The van der Waals surface area contributed by atoms with Crippen molar-refractivity contribution in [3.63, 3.8) is 0 Å². The zero-order chi connectivity index (χ0) is 25.1. The number of amides is 3. The van der Waals surface area contributed by atoms with Gasteiger partial charge < -0.3 is 14.6 Å². The van der Waals surface area contributed by atoms with Crippen LogP contribution in [0.2, 0.25) is 0 Å². The van der Waals surface area contributed by atoms with Crippen LogP contribution in [0.5, 0.6) is 0 Å². The maximum Gasteiger partial charge on any atom is 0.330 e. The second-order valence-electron chi connectivity index (χ2n) is 8.71. The first kappa shape index (κ1) is 23.9. The summed E-state index contributed by atoms with van der Waals surface area (Å²) in [5, 5.41) is 6.33. The number of rotatable bonds is 8. The Morgan fingerprint density at radius 2 is 1.60 bits per heavy atom. The van der Waals surface area contributed by atoms with Crippen LogP contribution in [0, 0.1) is 12.8 Å². The highest BCUT2D eigenvalue weighted by atomic mass is 16.6. The highest BCUT2D eigenvalue weighted by Crippen LogP contribution is 2.29. The molecular formula is C26H25N3O6. The van der Waals surface area contributed by atoms with Crippen LogP contribution in [-0.2, 0) is 14.3 Å². The van der Waals surface area contributed by atoms with Gasteiger partial charge in [-0.2, -0.15) is 0 Å². The fourth-order valence-corrected chi connectivity index (χ4v) is 3.96. The van der Waals surface area contributed by atoms with Crippen LogP contribution >= 0.6 is 0 Å². The number of imide groups is 1. The predicted molar refractivity (Wildman–Crippen MR) is 125 cm³/mol. The number of benzene rings is 2. The van der Waals surface area contributed by atoms with Crippen molar-refractivity contribution in [3.05, 3.63) is 83.1 Å². The van der Waals surface area contributed by atoms with Gasteiger partial charge in [0.1, 0.15) is 11.8 Å². The number of carbonyl (C=O) groups is 4. The molecule has 1 aliphatic rings. The predicted octanol–water partition coefficient (Wildman–Crippen LogP) is 3.92. The number of anilines is 1. The van der Waals surface area contributed by atoms with E-state index in [-0.39, 0.29) is 29.3 Å². The molecule has 0 aliphatic carbocycles. The molecule has 0 spiro atoms. The van der Waals surface area contributed by atoms with Gasteiger partial charge in [-0.1, -0.05) is 61.5 Å². The van der Waals surface area contributed by atoms with Gasteiger partial charge in [-0.25, -0.2) is 4.79 Å². The smallest absolute Gasteiger partial charge is 0.330 e. The van der Waals surface area contributed by atoms with Gasteiger partial charge in [0, 0.05) is 11.6 Å². The largest absolute Gasteiger partial charge is 0.446 e. The van der Waals surface area contributed by atoms with Crippen molar-refractivity contribution in [1.82, 2.24) is 10.1 Å². The third-order valence-electron chi connectivity index (χ3n) is 5.56. The fraction of sp³-hybridized carbons (Fsp3) is 0.269. The van der Waals surface area contributed by atoms with Crippen molar-refractivity contribution in [2.75, 3.05) is 5.32 Å². The van der Waals surface area contributed by atoms with E-state index in [0.29, 0.717) is 11.3 Å². The number of aryl methyl sites for hydroxylation is 1. The summed E-state index contributed by atoms with van der Waals surface area (Å²) in [5.74, 6) is -2.00. The Kier molecular flexibility index (Phi) is 6.77. The minimum absolute atomic E-state index is 0.0426. The molecule has 35 heavy (non-hydrogen) atoms. The lowest BCUT2D eigenvalue weighted by atomic mass is 10.0. The zero-order valence-electron chi connectivity index (χ0n) is 19.6. The third-order valence-corrected chi connectivity index (χ3v) is 5.56. The van der Waals surface area contributed by atoms with Crippen LogP contribution in [0.15, 0.2) is 65.2 Å². The van der Waals surface area contributed by atoms with E-state index in [1.54, 1.807) is 61.5 Å². The van der Waals surface area contributed by atoms with Gasteiger partial charge >= 0.3 is 5.97 Å². The highest BCUT2D eigenvalue weighted by Gasteiger charge is 2.44. The number of hydrogen-bond donors (Lipinski definition) is 1. The van der Waals surface area contributed by atoms with Crippen LogP contribution < -0.4 is 5.32 Å². The van der Waals surface area contributed by atoms with Crippen molar-refractivity contribution in [2.24, 2.45) is 5.92 Å². The quantitative estimate of drug-likeness (QED) is 0.387. The summed E-state index contributed by atoms with van der Waals surface area (Å²) >= 11 is 0. The Bertz CT molecular complexity index is 1230. The molecule has 0 bridgehead atoms. The number of fused-ring (bicyclic) bond motifs is 1. The Hall–Kier alpha value is -4.27. The van der Waals surface area contributed by atoms with Gasteiger partial charge in [-0.15, -0.1) is 0 Å². The first-order chi connectivity index (χ1) is 16.8. The van der Waals surface area contributed by atoms with Gasteiger partial charge in [0.25, 0.3) is 17.7 Å². The monoisotopic (exact) mass is 475 g/mol. The standard InChI is InChI=1S/C26H25N3O6/c1-15(2)13-20(29-24(31)18-11-7-8-12-19(18)25(29)32)26(33)34-22(17-9-5-4-6-10-17)23(30)27-21-14-16(3)35-28-21/h4-12,14-15,20,22H,13H2,1-3H3,(H,27,28,30). The Morgan fingerprint density at radius 3 is 2.14 bits per heavy atom. The van der Waals surface area contributed by atoms with E-state index in [4.69, 9.17) is 9.26 Å². The second-order valence-corrected chi connectivity index (χ2v) is 8.71. The molecule has 9 heteroatoms. The summed E-state index contributed by atoms with van der Waals surface area (Å²) in [6.45, 7) is 5.41. The number of ether oxygens (including phenoxy) is 1. The summed E-state index contributed by atoms with van der Waals surface area (Å²) in [6.07, 6.45) is -1.17. The minimum Gasteiger partial charge on any atom is -0.446 e. The Balaban J connectivity index is 1.63. The second kappa shape index (κ2) is 9.92. The normalized spacial score (nSPS) is 14.6. The summed E-state index contributed by atoms with van der Waals surface area (Å²) in [6, 6.07) is 15.2. The van der Waals surface area contributed by atoms with Crippen LogP contribution in [0.1, 0.15) is 58.4 Å². The van der Waals surface area contributed by atoms with Crippen molar-refractivity contribution in [3.8, 4) is 0 Å². The van der Waals surface area contributed by atoms with Crippen molar-refractivity contribution in [2.45, 2.75) is 39.3 Å². The van der Waals surface area contributed by atoms with E-state index in [0.717, 1.165) is 4.90 Å². The van der Waals surface area contributed by atoms with Crippen LogP contribution in [0.4, 0.5) is 5.82 Å². The number of carbonyl (C=O) groups excluding carboxylic acids is 4. The van der Waals surface area contributed by atoms with Gasteiger partial charge in [0.2, 0.25) is 6.10 Å². The molecule has 2 atom stereocenters. The Morgan fingerprint density at radius 1 is 1.00 bits per heavy atom. The zero-order valence-corrected chi connectivity index (χ0v) is 19.6. The van der Waals surface area contributed by atoms with Gasteiger partial charge in [0.15, 0.2) is 5.82 Å². The number of aromatic nitrogens is 1. The lowest BCUT2D eigenvalue weighted by molar-refractivity contribution is -0.159. The van der Waals surface area contributed by atoms with Crippen LogP contribution in [-0.4, -0.2) is 39.8 Å². The molecule has 1 N–H and O–H groups in total. The molecule has 180 valence electrons. The molecule has 0 fully saturated rings. The minimum atomic E-state index is -1.34. The number of nitrogens with zero attached hydrogens (tertiary/aromatic N) is 2. The molecule has 2 aromatic carbocycles. The maximum absolute atomic E-state index is 13.5. The van der Waals surface area contributed by atoms with E-state index in [1.165, 1.54) is 6.07 Å². The molecular weight excluding hydrogens is 450 g/mol. The Labute approximate surface area is 202 Å². The molecule has 2 unspecified atom stereocenters. The van der Waals surface area contributed by atoms with E-state index in [2.05, 4.69) is 10.5 Å². The van der Waals surface area contributed by atoms with E-state index in [1.807, 2.05) is 13.8 Å². The number of esters is 1. The fourth-order valence-electron chi connectivity index (χ4n) is 3.96. The molecule has 4 rings (SSSR count). The lowest BCUT2D eigenvalue weighted by Gasteiger charge is -2.28. The highest BCUT2D eigenvalue weighted by molar-refractivity contribution is 6.22. The average molecular weight is 476 g/mol. The molecule has 0 saturated carbocycles.